The van der Waals surface area contributed by atoms with Gasteiger partial charge in [0.15, 0.2) is 11.6 Å². The highest BCUT2D eigenvalue weighted by Crippen LogP contribution is 2.28. The van der Waals surface area contributed by atoms with Gasteiger partial charge in [-0.25, -0.2) is 0 Å². The third kappa shape index (κ3) is 2.44. The quantitative estimate of drug-likeness (QED) is 0.712. The predicted molar refractivity (Wildman–Crippen MR) is 59.5 cm³/mol. The van der Waals surface area contributed by atoms with Crippen molar-refractivity contribution >= 4 is 23.3 Å². The van der Waals surface area contributed by atoms with Gasteiger partial charge < -0.3 is 0 Å². The van der Waals surface area contributed by atoms with E-state index in [4.69, 9.17) is 0 Å². The van der Waals surface area contributed by atoms with Gasteiger partial charge in [0.25, 0.3) is 0 Å². The molecule has 0 aromatic heterocycles. The minimum atomic E-state index is -0.131. The largest absolute Gasteiger partial charge is 0.290 e. The van der Waals surface area contributed by atoms with Crippen molar-refractivity contribution in [1.82, 2.24) is 0 Å². The molecule has 1 aromatic rings. The number of thioether (sulfide) groups is 1. The molecule has 0 heterocycles. The highest BCUT2D eigenvalue weighted by Gasteiger charge is 2.13. The second-order valence-corrected chi connectivity index (χ2v) is 4.14. The van der Waals surface area contributed by atoms with E-state index in [1.165, 1.54) is 30.0 Å². The molecular weight excluding hydrogens is 208 g/mol. The predicted octanol–water partition coefficient (Wildman–Crippen LogP) is 2.37. The molecule has 1 aromatic carbocycles. The number of carbonyl (C=O) groups is 2. The first-order chi connectivity index (χ1) is 7.25. The van der Waals surface area contributed by atoms with Crippen LogP contribution in [0, 0.1) is 0 Å². The van der Waals surface area contributed by atoms with Crippen molar-refractivity contribution in [2.45, 2.75) is 4.90 Å². The van der Waals surface area contributed by atoms with Gasteiger partial charge in [0.05, 0.1) is 4.91 Å². The van der Waals surface area contributed by atoms with Crippen molar-refractivity contribution in [2.75, 3.05) is 0 Å². The highest BCUT2D eigenvalue weighted by atomic mass is 32.2. The molecule has 1 aliphatic carbocycles. The highest BCUT2D eigenvalue weighted by molar-refractivity contribution is 8.04. The summed E-state index contributed by atoms with van der Waals surface area (Å²) in [7, 11) is 0. The maximum absolute atomic E-state index is 11.4. The summed E-state index contributed by atoms with van der Waals surface area (Å²) in [5.74, 6) is -0.239. The van der Waals surface area contributed by atoms with Crippen LogP contribution in [0.5, 0.6) is 0 Å². The second-order valence-electron chi connectivity index (χ2n) is 3.02. The zero-order chi connectivity index (χ0) is 10.7. The molecule has 2 nitrogen and oxygen atoms in total. The SMILES string of the molecule is O=C1C=CC(=O)C(Sc2ccccc2)=C1. The Morgan fingerprint density at radius 1 is 0.933 bits per heavy atom. The molecule has 0 atom stereocenters. The van der Waals surface area contributed by atoms with Crippen LogP contribution in [0.3, 0.4) is 0 Å². The van der Waals surface area contributed by atoms with E-state index < -0.39 is 0 Å². The van der Waals surface area contributed by atoms with E-state index >= 15 is 0 Å². The fourth-order valence-electron chi connectivity index (χ4n) is 1.18. The number of carbonyl (C=O) groups excluding carboxylic acids is 2. The molecule has 0 radical (unpaired) electrons. The minimum Gasteiger partial charge on any atom is -0.290 e. The zero-order valence-corrected chi connectivity index (χ0v) is 8.66. The first-order valence-electron chi connectivity index (χ1n) is 4.47. The maximum Gasteiger partial charge on any atom is 0.192 e. The average Bonchev–Trinajstić information content (AvgIpc) is 2.25. The van der Waals surface area contributed by atoms with E-state index in [0.29, 0.717) is 4.91 Å². The van der Waals surface area contributed by atoms with Crippen molar-refractivity contribution in [3.63, 3.8) is 0 Å². The lowest BCUT2D eigenvalue weighted by Gasteiger charge is -2.05. The Morgan fingerprint density at radius 2 is 1.67 bits per heavy atom. The van der Waals surface area contributed by atoms with E-state index in [0.717, 1.165) is 4.90 Å². The Kier molecular flexibility index (Phi) is 2.83. The fourth-order valence-corrected chi connectivity index (χ4v) is 2.07. The number of hydrogen-bond acceptors (Lipinski definition) is 3. The van der Waals surface area contributed by atoms with Crippen molar-refractivity contribution < 1.29 is 9.59 Å². The van der Waals surface area contributed by atoms with Crippen LogP contribution in [0.2, 0.25) is 0 Å². The van der Waals surface area contributed by atoms with Gasteiger partial charge in [-0.2, -0.15) is 0 Å². The Labute approximate surface area is 91.7 Å². The van der Waals surface area contributed by atoms with Crippen LogP contribution in [-0.4, -0.2) is 11.6 Å². The lowest BCUT2D eigenvalue weighted by Crippen LogP contribution is -2.04. The van der Waals surface area contributed by atoms with Crippen LogP contribution >= 0.6 is 11.8 Å². The molecule has 3 heteroatoms. The Balaban J connectivity index is 2.19. The number of allylic oxidation sites excluding steroid dienone is 4. The maximum atomic E-state index is 11.4. The monoisotopic (exact) mass is 216 g/mol. The average molecular weight is 216 g/mol. The number of rotatable bonds is 2. The summed E-state index contributed by atoms with van der Waals surface area (Å²) in [5, 5.41) is 0. The first-order valence-corrected chi connectivity index (χ1v) is 5.28. The summed E-state index contributed by atoms with van der Waals surface area (Å²) in [6.07, 6.45) is 3.98. The van der Waals surface area contributed by atoms with Gasteiger partial charge in [-0.1, -0.05) is 30.0 Å². The molecule has 0 N–H and O–H groups in total. The zero-order valence-electron chi connectivity index (χ0n) is 7.84. The van der Waals surface area contributed by atoms with Gasteiger partial charge in [-0.15, -0.1) is 0 Å². The first kappa shape index (κ1) is 9.93. The van der Waals surface area contributed by atoms with Crippen LogP contribution in [-0.2, 0) is 9.59 Å². The van der Waals surface area contributed by atoms with Crippen LogP contribution < -0.4 is 0 Å². The molecule has 2 rings (SSSR count). The molecule has 0 amide bonds. The number of benzene rings is 1. The van der Waals surface area contributed by atoms with Crippen molar-refractivity contribution in [2.24, 2.45) is 0 Å². The molecule has 0 unspecified atom stereocenters. The number of ketones is 2. The third-order valence-corrected chi connectivity index (χ3v) is 2.93. The lowest BCUT2D eigenvalue weighted by molar-refractivity contribution is -0.114. The molecule has 0 bridgehead atoms. The molecule has 0 saturated heterocycles. The van der Waals surface area contributed by atoms with E-state index in [1.807, 2.05) is 30.3 Å². The van der Waals surface area contributed by atoms with Crippen molar-refractivity contribution in [1.29, 1.82) is 0 Å². The fraction of sp³-hybridized carbons (Fsp3) is 0. The van der Waals surface area contributed by atoms with Gasteiger partial charge in [-0.3, -0.25) is 9.59 Å². The molecule has 1 aliphatic rings. The third-order valence-electron chi connectivity index (χ3n) is 1.89. The van der Waals surface area contributed by atoms with Gasteiger partial charge in [0, 0.05) is 11.0 Å². The minimum absolute atomic E-state index is 0.108. The standard InChI is InChI=1S/C12H8O2S/c13-9-6-7-11(14)12(8-9)15-10-4-2-1-3-5-10/h1-8H. The molecule has 15 heavy (non-hydrogen) atoms. The van der Waals surface area contributed by atoms with Gasteiger partial charge >= 0.3 is 0 Å². The lowest BCUT2D eigenvalue weighted by atomic mass is 10.2. The van der Waals surface area contributed by atoms with E-state index in [1.54, 1.807) is 0 Å². The molecule has 0 spiro atoms. The topological polar surface area (TPSA) is 34.1 Å². The molecule has 0 aliphatic heterocycles. The Hall–Kier alpha value is -1.61. The van der Waals surface area contributed by atoms with Crippen molar-refractivity contribution in [3.8, 4) is 0 Å². The normalized spacial score (nSPS) is 15.3. The van der Waals surface area contributed by atoms with Gasteiger partial charge in [0.1, 0.15) is 0 Å². The van der Waals surface area contributed by atoms with E-state index in [2.05, 4.69) is 0 Å². The Bertz CT molecular complexity index is 458. The van der Waals surface area contributed by atoms with Crippen LogP contribution in [0.25, 0.3) is 0 Å². The van der Waals surface area contributed by atoms with Crippen LogP contribution in [0.4, 0.5) is 0 Å². The van der Waals surface area contributed by atoms with Crippen LogP contribution in [0.1, 0.15) is 0 Å². The summed E-state index contributed by atoms with van der Waals surface area (Å²) >= 11 is 1.32. The van der Waals surface area contributed by atoms with Gasteiger partial charge in [-0.05, 0) is 24.3 Å². The van der Waals surface area contributed by atoms with Crippen molar-refractivity contribution in [3.05, 3.63) is 53.5 Å². The smallest absolute Gasteiger partial charge is 0.192 e. The summed E-state index contributed by atoms with van der Waals surface area (Å²) in [4.78, 5) is 23.9. The molecule has 74 valence electrons. The molecular formula is C12H8O2S. The Morgan fingerprint density at radius 3 is 2.40 bits per heavy atom. The number of hydrogen-bond donors (Lipinski definition) is 0. The summed E-state index contributed by atoms with van der Waals surface area (Å²) in [6, 6.07) is 9.51. The van der Waals surface area contributed by atoms with Gasteiger partial charge in [0.2, 0.25) is 0 Å². The molecule has 0 fully saturated rings. The van der Waals surface area contributed by atoms with Crippen LogP contribution in [0.15, 0.2) is 58.4 Å². The second kappa shape index (κ2) is 4.28. The molecule has 0 saturated carbocycles. The van der Waals surface area contributed by atoms with E-state index in [-0.39, 0.29) is 11.6 Å². The summed E-state index contributed by atoms with van der Waals surface area (Å²) < 4.78 is 0. The van der Waals surface area contributed by atoms with E-state index in [9.17, 15) is 9.59 Å². The summed E-state index contributed by atoms with van der Waals surface area (Å²) in [5.41, 5.74) is 0. The summed E-state index contributed by atoms with van der Waals surface area (Å²) in [6.45, 7) is 0.